The highest BCUT2D eigenvalue weighted by Gasteiger charge is 2.25. The summed E-state index contributed by atoms with van der Waals surface area (Å²) in [4.78, 5) is 23.8. The number of nitrogens with zero attached hydrogens (tertiary/aromatic N) is 6. The minimum Gasteiger partial charge on any atom is -0.496 e. The molecule has 1 unspecified atom stereocenters. The number of para-hydroxylation sites is 1. The van der Waals surface area contributed by atoms with Crippen molar-refractivity contribution in [2.75, 3.05) is 20.2 Å². The molecule has 1 atom stereocenters. The molecule has 1 fully saturated rings. The summed E-state index contributed by atoms with van der Waals surface area (Å²) in [7, 11) is 1.68. The fraction of sp³-hybridized carbons (Fsp3) is 0.333. The second-order valence-electron chi connectivity index (χ2n) is 7.42. The third-order valence-corrected chi connectivity index (χ3v) is 6.49. The van der Waals surface area contributed by atoms with Crippen LogP contribution in [0.2, 0.25) is 0 Å². The van der Waals surface area contributed by atoms with Crippen molar-refractivity contribution in [1.29, 1.82) is 0 Å². The molecule has 154 valence electrons. The summed E-state index contributed by atoms with van der Waals surface area (Å²) in [5, 5.41) is 7.64. The Morgan fingerprint density at radius 1 is 1.30 bits per heavy atom. The van der Waals surface area contributed by atoms with Gasteiger partial charge in [-0.05, 0) is 31.5 Å². The minimum absolute atomic E-state index is 0.137. The van der Waals surface area contributed by atoms with Gasteiger partial charge in [-0.25, -0.2) is 14.2 Å². The van der Waals surface area contributed by atoms with E-state index < -0.39 is 0 Å². The van der Waals surface area contributed by atoms with Crippen molar-refractivity contribution in [1.82, 2.24) is 29.0 Å². The Kier molecular flexibility index (Phi) is 5.06. The molecule has 3 aromatic heterocycles. The van der Waals surface area contributed by atoms with Gasteiger partial charge in [-0.15, -0.1) is 16.4 Å². The van der Waals surface area contributed by atoms with Gasteiger partial charge in [-0.3, -0.25) is 9.88 Å². The summed E-state index contributed by atoms with van der Waals surface area (Å²) >= 11 is 1.70. The maximum atomic E-state index is 12.6. The smallest absolute Gasteiger partial charge is 0.351 e. The summed E-state index contributed by atoms with van der Waals surface area (Å²) in [6.07, 6.45) is 7.01. The molecule has 0 radical (unpaired) electrons. The molecule has 0 spiro atoms. The monoisotopic (exact) mass is 422 g/mol. The molecule has 0 amide bonds. The Bertz CT molecular complexity index is 1230. The zero-order chi connectivity index (χ0) is 20.5. The summed E-state index contributed by atoms with van der Waals surface area (Å²) in [6.45, 7) is 2.28. The highest BCUT2D eigenvalue weighted by molar-refractivity contribution is 7.10. The van der Waals surface area contributed by atoms with Crippen LogP contribution in [0, 0.1) is 0 Å². The van der Waals surface area contributed by atoms with Gasteiger partial charge in [-0.2, -0.15) is 4.68 Å². The molecule has 1 aliphatic heterocycles. The molecule has 5 rings (SSSR count). The molecule has 0 saturated carbocycles. The van der Waals surface area contributed by atoms with Gasteiger partial charge in [0.15, 0.2) is 5.65 Å². The standard InChI is InChI=1S/C21H22N6O2S/c1-29-18-7-3-2-6-16(18)17-13-30-20(23-17)15-5-4-9-25(12-15)14-27-21(28)26-10-8-22-11-19(26)24-27/h2-3,6-8,10-11,13,15H,4-5,9,12,14H2,1H3. The Labute approximate surface area is 177 Å². The number of benzene rings is 1. The lowest BCUT2D eigenvalue weighted by molar-refractivity contribution is 0.155. The molecule has 0 N–H and O–H groups in total. The van der Waals surface area contributed by atoms with E-state index in [1.54, 1.807) is 37.0 Å². The molecule has 0 bridgehead atoms. The van der Waals surface area contributed by atoms with Gasteiger partial charge in [-0.1, -0.05) is 12.1 Å². The average molecular weight is 423 g/mol. The van der Waals surface area contributed by atoms with E-state index >= 15 is 0 Å². The highest BCUT2D eigenvalue weighted by Crippen LogP contribution is 2.35. The molecular formula is C21H22N6O2S. The number of thiazole rings is 1. The van der Waals surface area contributed by atoms with Crippen LogP contribution in [0.25, 0.3) is 16.9 Å². The predicted molar refractivity (Wildman–Crippen MR) is 115 cm³/mol. The van der Waals surface area contributed by atoms with E-state index in [1.165, 1.54) is 9.08 Å². The number of ether oxygens (including phenoxy) is 1. The van der Waals surface area contributed by atoms with Crippen molar-refractivity contribution in [3.8, 4) is 17.0 Å². The topological polar surface area (TPSA) is 77.5 Å². The Balaban J connectivity index is 1.34. The first-order valence-electron chi connectivity index (χ1n) is 9.93. The SMILES string of the molecule is COc1ccccc1-c1csc(C2CCCN(Cn3nc4cnccn4c3=O)C2)n1. The summed E-state index contributed by atoms with van der Waals surface area (Å²) in [5.41, 5.74) is 2.40. The van der Waals surface area contributed by atoms with Crippen LogP contribution in [-0.4, -0.2) is 49.2 Å². The van der Waals surface area contributed by atoms with Crippen LogP contribution in [0.15, 0.2) is 53.0 Å². The Morgan fingerprint density at radius 2 is 2.20 bits per heavy atom. The second-order valence-corrected chi connectivity index (χ2v) is 8.31. The first kappa shape index (κ1) is 19.0. The molecule has 4 aromatic rings. The van der Waals surface area contributed by atoms with Gasteiger partial charge in [0.1, 0.15) is 5.75 Å². The summed E-state index contributed by atoms with van der Waals surface area (Å²) in [6, 6.07) is 7.96. The van der Waals surface area contributed by atoms with Crippen LogP contribution in [0.4, 0.5) is 0 Å². The lowest BCUT2D eigenvalue weighted by Crippen LogP contribution is -2.38. The van der Waals surface area contributed by atoms with Crippen LogP contribution in [-0.2, 0) is 6.67 Å². The van der Waals surface area contributed by atoms with E-state index in [9.17, 15) is 4.79 Å². The van der Waals surface area contributed by atoms with Gasteiger partial charge in [0.05, 0.1) is 30.7 Å². The van der Waals surface area contributed by atoms with Crippen LogP contribution >= 0.6 is 11.3 Å². The molecule has 30 heavy (non-hydrogen) atoms. The average Bonchev–Trinajstić information content (AvgIpc) is 3.40. The van der Waals surface area contributed by atoms with E-state index in [0.29, 0.717) is 18.2 Å². The first-order valence-corrected chi connectivity index (χ1v) is 10.8. The maximum absolute atomic E-state index is 12.6. The second kappa shape index (κ2) is 8.00. The van der Waals surface area contributed by atoms with Gasteiger partial charge in [0.2, 0.25) is 0 Å². The molecule has 8 nitrogen and oxygen atoms in total. The largest absolute Gasteiger partial charge is 0.496 e. The van der Waals surface area contributed by atoms with Crippen molar-refractivity contribution in [2.24, 2.45) is 0 Å². The summed E-state index contributed by atoms with van der Waals surface area (Å²) < 4.78 is 8.52. The molecule has 9 heteroatoms. The number of methoxy groups -OCH3 is 1. The van der Waals surface area contributed by atoms with Crippen molar-refractivity contribution < 1.29 is 4.74 Å². The van der Waals surface area contributed by atoms with Crippen molar-refractivity contribution in [3.63, 3.8) is 0 Å². The van der Waals surface area contributed by atoms with E-state index in [1.807, 2.05) is 24.3 Å². The first-order chi connectivity index (χ1) is 14.7. The van der Waals surface area contributed by atoms with Crippen molar-refractivity contribution in [3.05, 3.63) is 63.7 Å². The summed E-state index contributed by atoms with van der Waals surface area (Å²) in [5.74, 6) is 1.18. The molecule has 1 saturated heterocycles. The molecule has 0 aliphatic carbocycles. The van der Waals surface area contributed by atoms with Gasteiger partial charge < -0.3 is 4.74 Å². The zero-order valence-electron chi connectivity index (χ0n) is 16.6. The number of likely N-dealkylation sites (tertiary alicyclic amines) is 1. The minimum atomic E-state index is -0.137. The van der Waals surface area contributed by atoms with Crippen LogP contribution in [0.3, 0.4) is 0 Å². The number of piperidine rings is 1. The van der Waals surface area contributed by atoms with Gasteiger partial charge in [0.25, 0.3) is 0 Å². The number of rotatable bonds is 5. The fourth-order valence-electron chi connectivity index (χ4n) is 4.00. The van der Waals surface area contributed by atoms with Gasteiger partial charge in [0, 0.05) is 35.8 Å². The van der Waals surface area contributed by atoms with E-state index in [-0.39, 0.29) is 5.69 Å². The van der Waals surface area contributed by atoms with Crippen LogP contribution in [0.5, 0.6) is 5.75 Å². The quantitative estimate of drug-likeness (QED) is 0.492. The lowest BCUT2D eigenvalue weighted by Gasteiger charge is -2.31. The Morgan fingerprint density at radius 3 is 3.07 bits per heavy atom. The molecule has 1 aliphatic rings. The van der Waals surface area contributed by atoms with E-state index in [0.717, 1.165) is 47.9 Å². The number of hydrogen-bond acceptors (Lipinski definition) is 7. The maximum Gasteiger partial charge on any atom is 0.351 e. The van der Waals surface area contributed by atoms with Crippen molar-refractivity contribution >= 4 is 17.0 Å². The predicted octanol–water partition coefficient (Wildman–Crippen LogP) is 2.86. The molecule has 4 heterocycles. The van der Waals surface area contributed by atoms with Crippen LogP contribution in [0.1, 0.15) is 23.8 Å². The van der Waals surface area contributed by atoms with Crippen LogP contribution < -0.4 is 10.4 Å². The molecular weight excluding hydrogens is 400 g/mol. The van der Waals surface area contributed by atoms with E-state index in [4.69, 9.17) is 9.72 Å². The fourth-order valence-corrected chi connectivity index (χ4v) is 4.95. The third kappa shape index (κ3) is 3.50. The zero-order valence-corrected chi connectivity index (χ0v) is 17.5. The highest BCUT2D eigenvalue weighted by atomic mass is 32.1. The van der Waals surface area contributed by atoms with E-state index in [2.05, 4.69) is 20.4 Å². The lowest BCUT2D eigenvalue weighted by atomic mass is 9.99. The number of fused-ring (bicyclic) bond motifs is 1. The number of aromatic nitrogens is 5. The Hall–Kier alpha value is -3.04. The normalized spacial score (nSPS) is 17.4. The third-order valence-electron chi connectivity index (χ3n) is 5.48. The van der Waals surface area contributed by atoms with Crippen molar-refractivity contribution in [2.45, 2.75) is 25.4 Å². The number of hydrogen-bond donors (Lipinski definition) is 0. The molecule has 1 aromatic carbocycles. The van der Waals surface area contributed by atoms with Gasteiger partial charge >= 0.3 is 5.69 Å².